The lowest BCUT2D eigenvalue weighted by Crippen LogP contribution is -2.38. The Hall–Kier alpha value is -1.35. The number of amides is 1. The van der Waals surface area contributed by atoms with E-state index in [2.05, 4.69) is 22.1 Å². The number of hydrogen-bond acceptors (Lipinski definition) is 4. The average Bonchev–Trinajstić information content (AvgIpc) is 2.84. The van der Waals surface area contributed by atoms with Gasteiger partial charge in [0.25, 0.3) is 0 Å². The van der Waals surface area contributed by atoms with Crippen LogP contribution in [0.1, 0.15) is 23.3 Å². The summed E-state index contributed by atoms with van der Waals surface area (Å²) in [6.07, 6.45) is 1.73. The second-order valence-electron chi connectivity index (χ2n) is 4.72. The Labute approximate surface area is 117 Å². The molecule has 1 aromatic rings. The molecular weight excluding hydrogens is 258 g/mol. The third-order valence-electron chi connectivity index (χ3n) is 3.43. The number of carbonyl (C=O) groups excluding carboxylic acids is 1. The molecule has 2 rings (SSSR count). The molecule has 0 bridgehead atoms. The number of carbonyl (C=O) groups is 1. The molecule has 1 saturated heterocycles. The summed E-state index contributed by atoms with van der Waals surface area (Å²) < 4.78 is 0. The van der Waals surface area contributed by atoms with Crippen molar-refractivity contribution in [2.24, 2.45) is 17.4 Å². The molecule has 1 aromatic heterocycles. The van der Waals surface area contributed by atoms with Crippen molar-refractivity contribution in [3.63, 3.8) is 0 Å². The molecule has 19 heavy (non-hydrogen) atoms. The van der Waals surface area contributed by atoms with Gasteiger partial charge in [0.2, 0.25) is 5.91 Å². The van der Waals surface area contributed by atoms with Crippen LogP contribution in [0, 0.1) is 17.8 Å². The Morgan fingerprint density at radius 2 is 2.21 bits per heavy atom. The van der Waals surface area contributed by atoms with Crippen molar-refractivity contribution >= 4 is 17.2 Å². The van der Waals surface area contributed by atoms with Crippen molar-refractivity contribution in [3.8, 4) is 11.8 Å². The number of nitrogens with two attached hydrogens (primary N) is 2. The number of piperidine rings is 1. The molecule has 0 aromatic carbocycles. The molecule has 102 valence electrons. The predicted octanol–water partition coefficient (Wildman–Crippen LogP) is 0.756. The van der Waals surface area contributed by atoms with E-state index < -0.39 is 0 Å². The third-order valence-corrected chi connectivity index (χ3v) is 4.33. The van der Waals surface area contributed by atoms with Gasteiger partial charge >= 0.3 is 0 Å². The van der Waals surface area contributed by atoms with Gasteiger partial charge < -0.3 is 11.5 Å². The standard InChI is InChI=1S/C14H19N3OS/c15-6-1-2-11-5-9-19-13(11)10-17-7-3-12(4-8-17)14(16)18/h5,9,12H,3-4,6-8,10,15H2,(H2,16,18). The first-order valence-corrected chi connectivity index (χ1v) is 7.35. The van der Waals surface area contributed by atoms with Gasteiger partial charge in [-0.25, -0.2) is 0 Å². The summed E-state index contributed by atoms with van der Waals surface area (Å²) in [6, 6.07) is 2.04. The van der Waals surface area contributed by atoms with Crippen LogP contribution in [0.15, 0.2) is 11.4 Å². The minimum absolute atomic E-state index is 0.0519. The number of primary amides is 1. The quantitative estimate of drug-likeness (QED) is 0.801. The molecule has 0 atom stereocenters. The number of thiophene rings is 1. The molecular formula is C14H19N3OS. The first-order chi connectivity index (χ1) is 9.20. The minimum atomic E-state index is -0.162. The van der Waals surface area contributed by atoms with Gasteiger partial charge in [-0.3, -0.25) is 9.69 Å². The predicted molar refractivity (Wildman–Crippen MR) is 77.4 cm³/mol. The highest BCUT2D eigenvalue weighted by atomic mass is 32.1. The molecule has 1 fully saturated rings. The molecule has 0 aliphatic carbocycles. The zero-order valence-electron chi connectivity index (χ0n) is 10.9. The maximum atomic E-state index is 11.1. The van der Waals surface area contributed by atoms with E-state index in [0.29, 0.717) is 6.54 Å². The zero-order valence-corrected chi connectivity index (χ0v) is 11.7. The SMILES string of the molecule is NCC#Cc1ccsc1CN1CCC(C(N)=O)CC1. The van der Waals surface area contributed by atoms with Crippen molar-refractivity contribution in [1.82, 2.24) is 4.90 Å². The van der Waals surface area contributed by atoms with Crippen LogP contribution >= 0.6 is 11.3 Å². The lowest BCUT2D eigenvalue weighted by Gasteiger charge is -2.30. The first kappa shape index (κ1) is 14.1. The van der Waals surface area contributed by atoms with Crippen LogP contribution in [-0.2, 0) is 11.3 Å². The van der Waals surface area contributed by atoms with Crippen LogP contribution in [0.2, 0.25) is 0 Å². The Bertz CT molecular complexity index is 492. The van der Waals surface area contributed by atoms with Crippen molar-refractivity contribution in [2.45, 2.75) is 19.4 Å². The van der Waals surface area contributed by atoms with E-state index in [4.69, 9.17) is 11.5 Å². The second kappa shape index (κ2) is 6.71. The zero-order chi connectivity index (χ0) is 13.7. The van der Waals surface area contributed by atoms with Gasteiger partial charge in [0.1, 0.15) is 0 Å². The van der Waals surface area contributed by atoms with Crippen LogP contribution in [0.5, 0.6) is 0 Å². The van der Waals surface area contributed by atoms with Crippen molar-refractivity contribution in [2.75, 3.05) is 19.6 Å². The van der Waals surface area contributed by atoms with E-state index in [1.807, 2.05) is 6.07 Å². The van der Waals surface area contributed by atoms with E-state index in [9.17, 15) is 4.79 Å². The number of rotatable bonds is 3. The summed E-state index contributed by atoms with van der Waals surface area (Å²) in [5, 5.41) is 2.06. The Kier molecular flexibility index (Phi) is 4.97. The summed E-state index contributed by atoms with van der Waals surface area (Å²) in [7, 11) is 0. The number of nitrogens with zero attached hydrogens (tertiary/aromatic N) is 1. The van der Waals surface area contributed by atoms with Crippen LogP contribution in [-0.4, -0.2) is 30.4 Å². The molecule has 4 N–H and O–H groups in total. The Morgan fingerprint density at radius 3 is 2.84 bits per heavy atom. The first-order valence-electron chi connectivity index (χ1n) is 6.47. The van der Waals surface area contributed by atoms with Crippen molar-refractivity contribution in [1.29, 1.82) is 0 Å². The second-order valence-corrected chi connectivity index (χ2v) is 5.72. The molecule has 0 radical (unpaired) electrons. The van der Waals surface area contributed by atoms with Gasteiger partial charge in [0, 0.05) is 22.9 Å². The Balaban J connectivity index is 1.92. The highest BCUT2D eigenvalue weighted by molar-refractivity contribution is 7.10. The fourth-order valence-electron chi connectivity index (χ4n) is 2.30. The molecule has 1 aliphatic heterocycles. The largest absolute Gasteiger partial charge is 0.369 e. The van der Waals surface area contributed by atoms with Crippen LogP contribution in [0.4, 0.5) is 0 Å². The van der Waals surface area contributed by atoms with E-state index in [0.717, 1.165) is 38.0 Å². The third kappa shape index (κ3) is 3.80. The fourth-order valence-corrected chi connectivity index (χ4v) is 3.17. The van der Waals surface area contributed by atoms with Crippen molar-refractivity contribution in [3.05, 3.63) is 21.9 Å². The van der Waals surface area contributed by atoms with E-state index >= 15 is 0 Å². The molecule has 1 aliphatic rings. The Morgan fingerprint density at radius 1 is 1.47 bits per heavy atom. The van der Waals surface area contributed by atoms with Gasteiger partial charge in [-0.2, -0.15) is 0 Å². The van der Waals surface area contributed by atoms with Gasteiger partial charge in [-0.15, -0.1) is 11.3 Å². The van der Waals surface area contributed by atoms with Crippen LogP contribution < -0.4 is 11.5 Å². The summed E-state index contributed by atoms with van der Waals surface area (Å²) in [6.45, 7) is 3.14. The van der Waals surface area contributed by atoms with Crippen LogP contribution in [0.3, 0.4) is 0 Å². The molecule has 0 spiro atoms. The normalized spacial score (nSPS) is 16.9. The molecule has 2 heterocycles. The lowest BCUT2D eigenvalue weighted by atomic mass is 9.96. The summed E-state index contributed by atoms with van der Waals surface area (Å²) >= 11 is 1.72. The smallest absolute Gasteiger partial charge is 0.220 e. The van der Waals surface area contributed by atoms with Gasteiger partial charge in [0.15, 0.2) is 0 Å². The fraction of sp³-hybridized carbons (Fsp3) is 0.500. The topological polar surface area (TPSA) is 72.3 Å². The van der Waals surface area contributed by atoms with Crippen molar-refractivity contribution < 1.29 is 4.79 Å². The van der Waals surface area contributed by atoms with E-state index in [1.165, 1.54) is 4.88 Å². The van der Waals surface area contributed by atoms with Gasteiger partial charge in [-0.1, -0.05) is 11.8 Å². The summed E-state index contributed by atoms with van der Waals surface area (Å²) in [5.41, 5.74) is 11.8. The highest BCUT2D eigenvalue weighted by Crippen LogP contribution is 2.22. The highest BCUT2D eigenvalue weighted by Gasteiger charge is 2.23. The number of likely N-dealkylation sites (tertiary alicyclic amines) is 1. The molecule has 0 saturated carbocycles. The number of hydrogen-bond donors (Lipinski definition) is 2. The van der Waals surface area contributed by atoms with Gasteiger partial charge in [-0.05, 0) is 37.4 Å². The van der Waals surface area contributed by atoms with Gasteiger partial charge in [0.05, 0.1) is 6.54 Å². The molecule has 5 heteroatoms. The monoisotopic (exact) mass is 277 g/mol. The maximum Gasteiger partial charge on any atom is 0.220 e. The summed E-state index contributed by atoms with van der Waals surface area (Å²) in [4.78, 5) is 14.8. The van der Waals surface area contributed by atoms with E-state index in [-0.39, 0.29) is 11.8 Å². The molecule has 0 unspecified atom stereocenters. The maximum absolute atomic E-state index is 11.1. The van der Waals surface area contributed by atoms with E-state index in [1.54, 1.807) is 11.3 Å². The lowest BCUT2D eigenvalue weighted by molar-refractivity contribution is -0.123. The van der Waals surface area contributed by atoms with Crippen LogP contribution in [0.25, 0.3) is 0 Å². The molecule has 4 nitrogen and oxygen atoms in total. The molecule has 1 amide bonds. The summed E-state index contributed by atoms with van der Waals surface area (Å²) in [5.74, 6) is 5.89. The average molecular weight is 277 g/mol. The minimum Gasteiger partial charge on any atom is -0.369 e.